The van der Waals surface area contributed by atoms with Crippen LogP contribution in [0.5, 0.6) is 5.75 Å². The first-order valence-electron chi connectivity index (χ1n) is 11.5. The summed E-state index contributed by atoms with van der Waals surface area (Å²) in [5.74, 6) is -0.0659. The van der Waals surface area contributed by atoms with E-state index in [-0.39, 0.29) is 5.78 Å². The number of carbonyl (C=O) groups is 2. The van der Waals surface area contributed by atoms with E-state index in [1.165, 1.54) is 0 Å². The summed E-state index contributed by atoms with van der Waals surface area (Å²) in [5, 5.41) is 0.663. The quantitative estimate of drug-likeness (QED) is 0.178. The van der Waals surface area contributed by atoms with Crippen LogP contribution in [0.3, 0.4) is 0 Å². The molecular formula is C29H26BrNO4. The summed E-state index contributed by atoms with van der Waals surface area (Å²) in [6.07, 6.45) is 0.271. The van der Waals surface area contributed by atoms with Gasteiger partial charge in [-0.25, -0.2) is 9.78 Å². The fourth-order valence-corrected chi connectivity index (χ4v) is 4.61. The molecule has 1 unspecified atom stereocenters. The highest BCUT2D eigenvalue weighted by molar-refractivity contribution is 9.10. The lowest BCUT2D eigenvalue weighted by molar-refractivity contribution is 0.0268. The summed E-state index contributed by atoms with van der Waals surface area (Å²) < 4.78 is 12.1. The topological polar surface area (TPSA) is 65.5 Å². The Morgan fingerprint density at radius 2 is 1.77 bits per heavy atom. The van der Waals surface area contributed by atoms with E-state index in [1.54, 1.807) is 37.4 Å². The summed E-state index contributed by atoms with van der Waals surface area (Å²) in [7, 11) is 1.61. The van der Waals surface area contributed by atoms with Crippen LogP contribution in [0.4, 0.5) is 0 Å². The zero-order valence-electron chi connectivity index (χ0n) is 19.9. The van der Waals surface area contributed by atoms with E-state index >= 15 is 0 Å². The molecule has 3 aromatic carbocycles. The average molecular weight is 532 g/mol. The Balaban J connectivity index is 1.80. The number of methoxy groups -OCH3 is 1. The van der Waals surface area contributed by atoms with Gasteiger partial charge in [-0.15, -0.1) is 0 Å². The molecule has 0 saturated carbocycles. The van der Waals surface area contributed by atoms with Gasteiger partial charge in [-0.2, -0.15) is 0 Å². The minimum Gasteiger partial charge on any atom is -0.497 e. The molecule has 4 rings (SSSR count). The molecule has 1 heterocycles. The van der Waals surface area contributed by atoms with Crippen LogP contribution in [0.15, 0.2) is 77.3 Å². The number of nitrogens with zero attached hydrogens (tertiary/aromatic N) is 1. The van der Waals surface area contributed by atoms with Gasteiger partial charge < -0.3 is 9.47 Å². The zero-order valence-corrected chi connectivity index (χ0v) is 21.5. The van der Waals surface area contributed by atoms with E-state index in [1.807, 2.05) is 56.3 Å². The number of Topliss-reactive ketones (excluding diaryl/α,β-unsaturated/α-hetero) is 1. The molecule has 1 atom stereocenters. The lowest BCUT2D eigenvalue weighted by Gasteiger charge is -2.18. The van der Waals surface area contributed by atoms with Gasteiger partial charge in [0.2, 0.25) is 5.78 Å². The van der Waals surface area contributed by atoms with Crippen LogP contribution >= 0.6 is 15.9 Å². The molecule has 35 heavy (non-hydrogen) atoms. The molecule has 5 nitrogen and oxygen atoms in total. The number of hydrogen-bond donors (Lipinski definition) is 0. The predicted molar refractivity (Wildman–Crippen MR) is 141 cm³/mol. The Bertz CT molecular complexity index is 1380. The number of carbonyl (C=O) groups excluding carboxylic acids is 2. The second-order valence-electron chi connectivity index (χ2n) is 8.32. The molecule has 6 heteroatoms. The maximum atomic E-state index is 13.6. The summed E-state index contributed by atoms with van der Waals surface area (Å²) >= 11 is 3.53. The van der Waals surface area contributed by atoms with E-state index in [9.17, 15) is 9.59 Å². The summed E-state index contributed by atoms with van der Waals surface area (Å²) in [6.45, 7) is 3.91. The fraction of sp³-hybridized carbons (Fsp3) is 0.207. The number of ketones is 1. The third-order valence-electron chi connectivity index (χ3n) is 5.81. The van der Waals surface area contributed by atoms with Crippen molar-refractivity contribution in [3.05, 3.63) is 94.0 Å². The molecule has 1 aromatic heterocycles. The lowest BCUT2D eigenvalue weighted by Crippen LogP contribution is -2.27. The first-order chi connectivity index (χ1) is 16.9. The SMILES string of the molecule is CCCC(OC(=O)c1cc(-c2cccc(OC)c2)nc2c(C)cc(Br)cc12)C(=O)c1ccccc1. The summed E-state index contributed by atoms with van der Waals surface area (Å²) in [4.78, 5) is 31.5. The number of esters is 1. The third-order valence-corrected chi connectivity index (χ3v) is 6.26. The van der Waals surface area contributed by atoms with Gasteiger partial charge in [-0.3, -0.25) is 4.79 Å². The predicted octanol–water partition coefficient (Wildman–Crippen LogP) is 7.19. The first-order valence-corrected chi connectivity index (χ1v) is 12.3. The number of ether oxygens (including phenoxy) is 2. The molecular weight excluding hydrogens is 506 g/mol. The first kappa shape index (κ1) is 24.6. The molecule has 178 valence electrons. The van der Waals surface area contributed by atoms with E-state index < -0.39 is 12.1 Å². The minimum absolute atomic E-state index is 0.204. The van der Waals surface area contributed by atoms with Gasteiger partial charge in [0.25, 0.3) is 0 Å². The molecule has 0 fully saturated rings. The molecule has 0 aliphatic carbocycles. The van der Waals surface area contributed by atoms with Crippen LogP contribution in [-0.4, -0.2) is 30.0 Å². The molecule has 0 aliphatic heterocycles. The number of fused-ring (bicyclic) bond motifs is 1. The molecule has 0 bridgehead atoms. The average Bonchev–Trinajstić information content (AvgIpc) is 2.88. The number of hydrogen-bond acceptors (Lipinski definition) is 5. The largest absolute Gasteiger partial charge is 0.497 e. The number of pyridine rings is 1. The van der Waals surface area contributed by atoms with Gasteiger partial charge >= 0.3 is 5.97 Å². The standard InChI is InChI=1S/C29H26BrNO4/c1-4-9-26(28(32)19-10-6-5-7-11-19)35-29(33)24-17-25(20-12-8-13-22(15-20)34-3)31-27-18(2)14-21(30)16-23(24)27/h5-8,10-17,26H,4,9H2,1-3H3. The Hall–Kier alpha value is -3.51. The van der Waals surface area contributed by atoms with E-state index in [0.29, 0.717) is 46.3 Å². The van der Waals surface area contributed by atoms with Crippen molar-refractivity contribution < 1.29 is 19.1 Å². The minimum atomic E-state index is -0.869. The van der Waals surface area contributed by atoms with Crippen molar-refractivity contribution in [1.29, 1.82) is 0 Å². The number of aryl methyl sites for hydroxylation is 1. The van der Waals surface area contributed by atoms with Gasteiger partial charge in [0, 0.05) is 21.0 Å². The van der Waals surface area contributed by atoms with Crippen molar-refractivity contribution in [1.82, 2.24) is 4.98 Å². The van der Waals surface area contributed by atoms with Crippen molar-refractivity contribution in [2.75, 3.05) is 7.11 Å². The number of halogens is 1. The highest BCUT2D eigenvalue weighted by atomic mass is 79.9. The molecule has 0 aliphatic rings. The number of benzene rings is 3. The Morgan fingerprint density at radius 3 is 2.49 bits per heavy atom. The van der Waals surface area contributed by atoms with Crippen LogP contribution in [0, 0.1) is 6.92 Å². The van der Waals surface area contributed by atoms with E-state index in [4.69, 9.17) is 14.5 Å². The van der Waals surface area contributed by atoms with Crippen molar-refractivity contribution in [2.45, 2.75) is 32.8 Å². The van der Waals surface area contributed by atoms with Gasteiger partial charge in [0.15, 0.2) is 6.10 Å². The fourth-order valence-electron chi connectivity index (χ4n) is 4.04. The third kappa shape index (κ3) is 5.43. The van der Waals surface area contributed by atoms with Crippen LogP contribution < -0.4 is 4.74 Å². The van der Waals surface area contributed by atoms with Crippen LogP contribution in [0.25, 0.3) is 22.2 Å². The summed E-state index contributed by atoms with van der Waals surface area (Å²) in [5.41, 5.74) is 3.93. The highest BCUT2D eigenvalue weighted by Gasteiger charge is 2.26. The summed E-state index contributed by atoms with van der Waals surface area (Å²) in [6, 6.07) is 22.0. The van der Waals surface area contributed by atoms with Gasteiger partial charge in [-0.05, 0) is 49.2 Å². The Morgan fingerprint density at radius 1 is 1.00 bits per heavy atom. The zero-order chi connectivity index (χ0) is 24.9. The van der Waals surface area contributed by atoms with Gasteiger partial charge in [-0.1, -0.05) is 71.7 Å². The monoisotopic (exact) mass is 531 g/mol. The van der Waals surface area contributed by atoms with E-state index in [0.717, 1.165) is 15.6 Å². The van der Waals surface area contributed by atoms with Crippen LogP contribution in [0.1, 0.15) is 46.0 Å². The van der Waals surface area contributed by atoms with Gasteiger partial charge in [0.1, 0.15) is 5.75 Å². The van der Waals surface area contributed by atoms with Crippen molar-refractivity contribution in [3.63, 3.8) is 0 Å². The molecule has 0 N–H and O–H groups in total. The molecule has 0 saturated heterocycles. The van der Waals surface area contributed by atoms with E-state index in [2.05, 4.69) is 15.9 Å². The molecule has 0 spiro atoms. The number of rotatable bonds is 8. The normalized spacial score (nSPS) is 11.8. The van der Waals surface area contributed by atoms with Crippen LogP contribution in [0.2, 0.25) is 0 Å². The number of aromatic nitrogens is 1. The maximum Gasteiger partial charge on any atom is 0.339 e. The van der Waals surface area contributed by atoms with Crippen molar-refractivity contribution in [3.8, 4) is 17.0 Å². The van der Waals surface area contributed by atoms with Crippen molar-refractivity contribution >= 4 is 38.6 Å². The molecule has 4 aromatic rings. The molecule has 0 amide bonds. The molecule has 0 radical (unpaired) electrons. The smallest absolute Gasteiger partial charge is 0.339 e. The maximum absolute atomic E-state index is 13.6. The Kier molecular flexibility index (Phi) is 7.61. The Labute approximate surface area is 213 Å². The van der Waals surface area contributed by atoms with Gasteiger partial charge in [0.05, 0.1) is 23.9 Å². The lowest BCUT2D eigenvalue weighted by atomic mass is 10.0. The van der Waals surface area contributed by atoms with Crippen molar-refractivity contribution in [2.24, 2.45) is 0 Å². The van der Waals surface area contributed by atoms with Crippen LogP contribution in [-0.2, 0) is 4.74 Å². The highest BCUT2D eigenvalue weighted by Crippen LogP contribution is 2.31. The second kappa shape index (κ2) is 10.8. The second-order valence-corrected chi connectivity index (χ2v) is 9.23.